The summed E-state index contributed by atoms with van der Waals surface area (Å²) in [7, 11) is -4.64. The van der Waals surface area contributed by atoms with Crippen LogP contribution in [0.1, 0.15) is 42.1 Å². The fourth-order valence-corrected chi connectivity index (χ4v) is 1.44. The minimum Gasteiger partial charge on any atom is -0.507 e. The van der Waals surface area contributed by atoms with Gasteiger partial charge in [-0.1, -0.05) is 26.0 Å². The van der Waals surface area contributed by atoms with E-state index in [1.807, 2.05) is 25.3 Å². The lowest BCUT2D eigenvalue weighted by Gasteiger charge is -2.13. The Morgan fingerprint density at radius 3 is 2.30 bits per heavy atom. The van der Waals surface area contributed by atoms with E-state index >= 15 is 0 Å². The predicted molar refractivity (Wildman–Crippen MR) is 72.7 cm³/mol. The molecule has 0 aliphatic heterocycles. The molecule has 0 aliphatic rings. The Hall–Kier alpha value is -1.44. The molecule has 0 fully saturated rings. The Labute approximate surface area is 116 Å². The van der Waals surface area contributed by atoms with Gasteiger partial charge in [-0.3, -0.25) is 10.2 Å². The van der Waals surface area contributed by atoms with E-state index in [0.717, 1.165) is 12.0 Å². The van der Waals surface area contributed by atoms with Crippen LogP contribution in [-0.2, 0) is 4.57 Å². The van der Waals surface area contributed by atoms with Crippen molar-refractivity contribution in [1.82, 2.24) is 5.43 Å². The van der Waals surface area contributed by atoms with Gasteiger partial charge in [0.05, 0.1) is 5.56 Å². The van der Waals surface area contributed by atoms with Gasteiger partial charge in [0.15, 0.2) is 0 Å². The number of nitrogens with one attached hydrogen (secondary N) is 1. The van der Waals surface area contributed by atoms with Crippen molar-refractivity contribution in [1.29, 1.82) is 0 Å². The molecule has 0 saturated carbocycles. The van der Waals surface area contributed by atoms with E-state index in [4.69, 9.17) is 25.1 Å². The quantitative estimate of drug-likeness (QED) is 0.207. The molecule has 7 N–H and O–H groups in total. The molecular formula is C11H19N2O6P. The van der Waals surface area contributed by atoms with Crippen LogP contribution in [0.5, 0.6) is 5.75 Å². The summed E-state index contributed by atoms with van der Waals surface area (Å²) in [6, 6.07) is 5.10. The van der Waals surface area contributed by atoms with Gasteiger partial charge in [-0.2, -0.15) is 0 Å². The zero-order valence-electron chi connectivity index (χ0n) is 11.1. The fourth-order valence-electron chi connectivity index (χ4n) is 1.44. The number of hydrazine groups is 1. The average molecular weight is 306 g/mol. The van der Waals surface area contributed by atoms with E-state index in [1.165, 1.54) is 0 Å². The minimum absolute atomic E-state index is 0.0230. The summed E-state index contributed by atoms with van der Waals surface area (Å²) in [4.78, 5) is 32.9. The molecule has 114 valence electrons. The summed E-state index contributed by atoms with van der Waals surface area (Å²) in [5.74, 6) is 4.79. The maximum atomic E-state index is 11.3. The molecule has 0 aliphatic carbocycles. The van der Waals surface area contributed by atoms with Crippen LogP contribution in [0.2, 0.25) is 0 Å². The van der Waals surface area contributed by atoms with Gasteiger partial charge >= 0.3 is 7.82 Å². The number of benzene rings is 1. The minimum atomic E-state index is -4.64. The molecule has 0 heterocycles. The number of amides is 1. The number of aromatic hydroxyl groups is 1. The molecule has 1 aromatic rings. The molecule has 0 bridgehead atoms. The van der Waals surface area contributed by atoms with Crippen LogP contribution in [0.15, 0.2) is 18.2 Å². The molecule has 1 atom stereocenters. The summed E-state index contributed by atoms with van der Waals surface area (Å²) in [5, 5.41) is 9.88. The number of nitrogens with two attached hydrogens (primary N) is 1. The monoisotopic (exact) mass is 306 g/mol. The first-order chi connectivity index (χ1) is 9.11. The lowest BCUT2D eigenvalue weighted by atomic mass is 9.95. The molecule has 0 radical (unpaired) electrons. The second kappa shape index (κ2) is 7.98. The summed E-state index contributed by atoms with van der Waals surface area (Å²) in [5.41, 5.74) is 3.00. The van der Waals surface area contributed by atoms with Crippen LogP contribution in [0.25, 0.3) is 0 Å². The zero-order valence-corrected chi connectivity index (χ0v) is 12.0. The van der Waals surface area contributed by atoms with Gasteiger partial charge in [0.25, 0.3) is 5.91 Å². The van der Waals surface area contributed by atoms with Gasteiger partial charge < -0.3 is 19.8 Å². The van der Waals surface area contributed by atoms with Gasteiger partial charge in [-0.05, 0) is 24.0 Å². The van der Waals surface area contributed by atoms with E-state index in [2.05, 4.69) is 0 Å². The maximum Gasteiger partial charge on any atom is 0.466 e. The SMILES string of the molecule is CCC(C)c1cccc(C(=O)NN)c1O.O=P(O)(O)O. The topological polar surface area (TPSA) is 153 Å². The second-order valence-electron chi connectivity index (χ2n) is 4.04. The zero-order chi connectivity index (χ0) is 15.9. The third kappa shape index (κ3) is 6.65. The summed E-state index contributed by atoms with van der Waals surface area (Å²) < 4.78 is 8.88. The van der Waals surface area contributed by atoms with Crippen molar-refractivity contribution in [2.24, 2.45) is 5.84 Å². The first-order valence-corrected chi connectivity index (χ1v) is 7.29. The summed E-state index contributed by atoms with van der Waals surface area (Å²) >= 11 is 0. The van der Waals surface area contributed by atoms with E-state index < -0.39 is 13.7 Å². The molecule has 0 saturated heterocycles. The molecule has 0 aromatic heterocycles. The number of phenolic OH excluding ortho intramolecular Hbond substituents is 1. The number of phosphoric acid groups is 1. The van der Waals surface area contributed by atoms with Crippen molar-refractivity contribution in [2.45, 2.75) is 26.2 Å². The van der Waals surface area contributed by atoms with Gasteiger partial charge in [-0.15, -0.1) is 0 Å². The Bertz CT molecular complexity index is 493. The smallest absolute Gasteiger partial charge is 0.466 e. The van der Waals surface area contributed by atoms with Crippen molar-refractivity contribution in [3.8, 4) is 5.75 Å². The largest absolute Gasteiger partial charge is 0.507 e. The van der Waals surface area contributed by atoms with E-state index in [9.17, 15) is 9.90 Å². The van der Waals surface area contributed by atoms with Crippen LogP contribution in [-0.4, -0.2) is 25.7 Å². The molecule has 9 heteroatoms. The number of rotatable bonds is 3. The number of para-hydroxylation sites is 1. The van der Waals surface area contributed by atoms with Crippen LogP contribution in [0.4, 0.5) is 0 Å². The van der Waals surface area contributed by atoms with Gasteiger partial charge in [0.2, 0.25) is 0 Å². The van der Waals surface area contributed by atoms with Crippen LogP contribution < -0.4 is 11.3 Å². The van der Waals surface area contributed by atoms with Crippen molar-refractivity contribution < 1.29 is 29.1 Å². The normalized spacial score (nSPS) is 12.1. The fraction of sp³-hybridized carbons (Fsp3) is 0.364. The maximum absolute atomic E-state index is 11.3. The summed E-state index contributed by atoms with van der Waals surface area (Å²) in [6.45, 7) is 4.03. The molecule has 1 rings (SSSR count). The average Bonchev–Trinajstić information content (AvgIpc) is 2.35. The van der Waals surface area contributed by atoms with E-state index in [1.54, 1.807) is 12.1 Å². The predicted octanol–water partition coefficient (Wildman–Crippen LogP) is 0.581. The van der Waals surface area contributed by atoms with Crippen molar-refractivity contribution >= 4 is 13.7 Å². The first kappa shape index (κ1) is 18.6. The number of hydrogen-bond acceptors (Lipinski definition) is 4. The number of carbonyl (C=O) groups is 1. The Morgan fingerprint density at radius 2 is 1.90 bits per heavy atom. The Balaban J connectivity index is 0.000000621. The molecule has 1 unspecified atom stereocenters. The molecule has 8 nitrogen and oxygen atoms in total. The highest BCUT2D eigenvalue weighted by Crippen LogP contribution is 2.30. The molecule has 20 heavy (non-hydrogen) atoms. The van der Waals surface area contributed by atoms with Crippen molar-refractivity contribution in [3.63, 3.8) is 0 Å². The van der Waals surface area contributed by atoms with Crippen LogP contribution in [0, 0.1) is 0 Å². The molecular weight excluding hydrogens is 287 g/mol. The molecule has 1 amide bonds. The lowest BCUT2D eigenvalue weighted by Crippen LogP contribution is -2.30. The van der Waals surface area contributed by atoms with Crippen molar-refractivity contribution in [3.05, 3.63) is 29.3 Å². The van der Waals surface area contributed by atoms with Gasteiger partial charge in [-0.25, -0.2) is 10.4 Å². The third-order valence-corrected chi connectivity index (χ3v) is 2.59. The van der Waals surface area contributed by atoms with E-state index in [0.29, 0.717) is 0 Å². The highest BCUT2D eigenvalue weighted by atomic mass is 31.2. The standard InChI is InChI=1S/C11H16N2O2.H3O4P/c1-3-7(2)8-5-4-6-9(10(8)14)11(15)13-12;1-5(2,3)4/h4-7,14H,3,12H2,1-2H3,(H,13,15);(H3,1,2,3,4). The second-order valence-corrected chi connectivity index (χ2v) is 5.07. The number of carbonyl (C=O) groups excluding carboxylic acids is 1. The van der Waals surface area contributed by atoms with Gasteiger partial charge in [0.1, 0.15) is 5.75 Å². The molecule has 1 aromatic carbocycles. The number of hydrogen-bond donors (Lipinski definition) is 6. The highest BCUT2D eigenvalue weighted by molar-refractivity contribution is 7.45. The van der Waals surface area contributed by atoms with E-state index in [-0.39, 0.29) is 17.2 Å². The lowest BCUT2D eigenvalue weighted by molar-refractivity contribution is 0.0950. The summed E-state index contributed by atoms with van der Waals surface area (Å²) in [6.07, 6.45) is 0.904. The van der Waals surface area contributed by atoms with Crippen LogP contribution in [0.3, 0.4) is 0 Å². The van der Waals surface area contributed by atoms with Gasteiger partial charge in [0, 0.05) is 0 Å². The Kier molecular flexibility index (Phi) is 7.41. The number of phenols is 1. The highest BCUT2D eigenvalue weighted by Gasteiger charge is 2.15. The third-order valence-electron chi connectivity index (χ3n) is 2.59. The molecule has 0 spiro atoms. The van der Waals surface area contributed by atoms with Crippen LogP contribution >= 0.6 is 7.82 Å². The first-order valence-electron chi connectivity index (χ1n) is 5.72. The Morgan fingerprint density at radius 1 is 1.40 bits per heavy atom. The number of nitrogen functional groups attached to an aromatic ring is 1. The van der Waals surface area contributed by atoms with Crippen molar-refractivity contribution in [2.75, 3.05) is 0 Å².